The molecule has 1 aliphatic carbocycles. The van der Waals surface area contributed by atoms with E-state index in [1.54, 1.807) is 36.2 Å². The number of nitrogens with zero attached hydrogens (tertiary/aromatic N) is 1. The molecule has 0 unspecified atom stereocenters. The van der Waals surface area contributed by atoms with Crippen LogP contribution in [0.3, 0.4) is 0 Å². The SMILES string of the molecule is COc1cc([C@@H]2c3cc4c(cc3[C@@H](O[C@@H]3O[C@@H]5CO[C@@H](C)O[C@H]5[C@H](O)[C@H]3O)[C@H]3COC(=O)[C@H]23)OCO4)cc(OC)c1OC(=O)[C@H](C)NC(=O)Cn1cc(F)c(=O)[nH]c1=O. The molecule has 20 nitrogen and oxygen atoms in total. The van der Waals surface area contributed by atoms with Gasteiger partial charge in [-0.15, -0.1) is 0 Å². The van der Waals surface area contributed by atoms with Crippen molar-refractivity contribution in [1.29, 1.82) is 0 Å². The van der Waals surface area contributed by atoms with Gasteiger partial charge in [-0.25, -0.2) is 9.59 Å². The van der Waals surface area contributed by atoms with Gasteiger partial charge in [0.1, 0.15) is 37.0 Å². The first-order valence-corrected chi connectivity index (χ1v) is 18.6. The number of cyclic esters (lactones) is 1. The van der Waals surface area contributed by atoms with Crippen molar-refractivity contribution >= 4 is 17.8 Å². The predicted molar refractivity (Wildman–Crippen MR) is 191 cm³/mol. The third-order valence-corrected chi connectivity index (χ3v) is 10.9. The highest BCUT2D eigenvalue weighted by Crippen LogP contribution is 2.57. The minimum atomic E-state index is -1.53. The van der Waals surface area contributed by atoms with Crippen LogP contribution >= 0.6 is 0 Å². The van der Waals surface area contributed by atoms with Crippen LogP contribution in [0, 0.1) is 17.7 Å². The Morgan fingerprint density at radius 2 is 1.68 bits per heavy atom. The van der Waals surface area contributed by atoms with Gasteiger partial charge >= 0.3 is 17.6 Å². The van der Waals surface area contributed by atoms with Gasteiger partial charge in [0.2, 0.25) is 24.3 Å². The highest BCUT2D eigenvalue weighted by Gasteiger charge is 2.56. The molecule has 1 amide bonds. The Bertz CT molecular complexity index is 2250. The summed E-state index contributed by atoms with van der Waals surface area (Å²) in [5, 5.41) is 24.6. The second-order valence-corrected chi connectivity index (χ2v) is 14.5. The minimum Gasteiger partial charge on any atom is -0.493 e. The number of hydrogen-bond donors (Lipinski definition) is 4. The van der Waals surface area contributed by atoms with Crippen LogP contribution in [0.2, 0.25) is 0 Å². The predicted octanol–water partition coefficient (Wildman–Crippen LogP) is -0.268. The number of fused-ring (bicyclic) bond motifs is 4. The van der Waals surface area contributed by atoms with E-state index in [0.29, 0.717) is 39.0 Å². The summed E-state index contributed by atoms with van der Waals surface area (Å²) in [6, 6.07) is 5.26. The van der Waals surface area contributed by atoms with Crippen molar-refractivity contribution in [2.45, 2.75) is 75.5 Å². The maximum absolute atomic E-state index is 13.8. The molecule has 0 spiro atoms. The summed E-state index contributed by atoms with van der Waals surface area (Å²) in [5.74, 6) is -5.32. The van der Waals surface area contributed by atoms with Gasteiger partial charge in [0.15, 0.2) is 35.6 Å². The summed E-state index contributed by atoms with van der Waals surface area (Å²) >= 11 is 0. The van der Waals surface area contributed by atoms with Gasteiger partial charge in [-0.2, -0.15) is 4.39 Å². The third kappa shape index (κ3) is 7.38. The molecule has 8 rings (SSSR count). The van der Waals surface area contributed by atoms with E-state index in [0.717, 1.165) is 0 Å². The number of carbonyl (C=O) groups excluding carboxylic acids is 3. The summed E-state index contributed by atoms with van der Waals surface area (Å²) in [6.07, 6.45) is -6.87. The van der Waals surface area contributed by atoms with Gasteiger partial charge in [0.25, 0.3) is 5.56 Å². The van der Waals surface area contributed by atoms with Crippen molar-refractivity contribution in [2.75, 3.05) is 34.2 Å². The van der Waals surface area contributed by atoms with Crippen molar-refractivity contribution in [3.05, 3.63) is 73.8 Å². The summed E-state index contributed by atoms with van der Waals surface area (Å²) in [7, 11) is 2.64. The number of esters is 2. The molecule has 0 radical (unpaired) electrons. The van der Waals surface area contributed by atoms with Crippen molar-refractivity contribution in [2.24, 2.45) is 11.8 Å². The van der Waals surface area contributed by atoms with Gasteiger partial charge in [0.05, 0.1) is 45.7 Å². The Morgan fingerprint density at radius 3 is 2.37 bits per heavy atom. The van der Waals surface area contributed by atoms with Gasteiger partial charge < -0.3 is 62.9 Å². The molecule has 3 saturated heterocycles. The number of aromatic amines is 1. The van der Waals surface area contributed by atoms with Gasteiger partial charge in [0, 0.05) is 11.8 Å². The maximum Gasteiger partial charge on any atom is 0.333 e. The lowest BCUT2D eigenvalue weighted by molar-refractivity contribution is -0.364. The highest BCUT2D eigenvalue weighted by atomic mass is 19.1. The van der Waals surface area contributed by atoms with Crippen LogP contribution in [0.25, 0.3) is 0 Å². The average molecular weight is 830 g/mol. The van der Waals surface area contributed by atoms with E-state index in [9.17, 15) is 38.6 Å². The second kappa shape index (κ2) is 15.9. The Balaban J connectivity index is 1.09. The first-order valence-electron chi connectivity index (χ1n) is 18.6. The van der Waals surface area contributed by atoms with E-state index in [1.807, 2.05) is 0 Å². The van der Waals surface area contributed by atoms with E-state index in [-0.39, 0.29) is 37.3 Å². The number of aromatic nitrogens is 2. The van der Waals surface area contributed by atoms with Crippen LogP contribution in [0.4, 0.5) is 4.39 Å². The van der Waals surface area contributed by atoms with Crippen LogP contribution in [-0.2, 0) is 44.6 Å². The molecule has 5 heterocycles. The maximum atomic E-state index is 13.8. The molecule has 11 atom stereocenters. The van der Waals surface area contributed by atoms with Crippen LogP contribution in [0.1, 0.15) is 42.6 Å². The number of nitrogens with one attached hydrogen (secondary N) is 2. The molecule has 1 aromatic heterocycles. The number of carbonyl (C=O) groups is 3. The smallest absolute Gasteiger partial charge is 0.333 e. The number of amides is 1. The molecule has 4 aliphatic heterocycles. The minimum absolute atomic E-state index is 0.0126. The molecule has 4 N–H and O–H groups in total. The van der Waals surface area contributed by atoms with E-state index >= 15 is 0 Å². The van der Waals surface area contributed by atoms with E-state index in [4.69, 9.17) is 47.4 Å². The Morgan fingerprint density at radius 1 is 0.983 bits per heavy atom. The van der Waals surface area contributed by atoms with E-state index in [2.05, 4.69) is 5.32 Å². The number of halogens is 1. The van der Waals surface area contributed by atoms with E-state index < -0.39 is 108 Å². The lowest BCUT2D eigenvalue weighted by Crippen LogP contribution is -2.63. The monoisotopic (exact) mass is 829 g/mol. The summed E-state index contributed by atoms with van der Waals surface area (Å²) in [4.78, 5) is 64.8. The quantitative estimate of drug-likeness (QED) is 0.152. The number of aliphatic hydroxyl groups excluding tert-OH is 2. The zero-order chi connectivity index (χ0) is 41.9. The lowest BCUT2D eigenvalue weighted by atomic mass is 9.66. The Labute approximate surface area is 332 Å². The standard InChI is InChI=1S/C38H40FN3O17/c1-14(40-26(43)10-42-9-20(39)34(46)41-38(42)49)35(47)58-32-23(50-3)5-16(6-24(32)51-4)27-17-7-21-22(55-13-54-21)8-18(17)31(19-11-53-36(48)28(19)27)59-37-30(45)29(44)33-25(57-37)12-52-15(2)56-33/h5-9,14-15,19,25,27-31,33,37,44-45H,10-13H2,1-4H3,(H,40,43)(H,41,46,49)/t14-,15+,19-,25+,27+,28-,29+,30+,31+,33+,37-/m0/s1. The average Bonchev–Trinajstić information content (AvgIpc) is 3.84. The fourth-order valence-electron chi connectivity index (χ4n) is 8.11. The van der Waals surface area contributed by atoms with Crippen LogP contribution in [-0.4, -0.2) is 115 Å². The normalized spacial score (nSPS) is 29.6. The van der Waals surface area contributed by atoms with Crippen molar-refractivity contribution < 1.29 is 76.4 Å². The summed E-state index contributed by atoms with van der Waals surface area (Å²) in [6.45, 7) is 2.21. The number of rotatable bonds is 10. The Kier molecular flexibility index (Phi) is 10.8. The third-order valence-electron chi connectivity index (χ3n) is 10.9. The van der Waals surface area contributed by atoms with Crippen LogP contribution in [0.15, 0.2) is 40.1 Å². The molecule has 0 bridgehead atoms. The zero-order valence-corrected chi connectivity index (χ0v) is 31.9. The molecule has 59 heavy (non-hydrogen) atoms. The lowest BCUT2D eigenvalue weighted by Gasteiger charge is -2.47. The molecule has 0 saturated carbocycles. The van der Waals surface area contributed by atoms with Gasteiger partial charge in [-0.3, -0.25) is 23.9 Å². The molecular formula is C38H40FN3O17. The first-order chi connectivity index (χ1) is 28.3. The first kappa shape index (κ1) is 40.2. The van der Waals surface area contributed by atoms with E-state index in [1.165, 1.54) is 21.1 Å². The number of H-pyrrole nitrogens is 1. The van der Waals surface area contributed by atoms with Crippen LogP contribution < -0.4 is 40.3 Å². The fourth-order valence-corrected chi connectivity index (χ4v) is 8.11. The molecule has 5 aliphatic rings. The Hall–Kier alpha value is -5.58. The molecular weight excluding hydrogens is 789 g/mol. The number of hydrogen-bond acceptors (Lipinski definition) is 17. The molecule has 3 fully saturated rings. The number of ether oxygens (including phenoxy) is 10. The van der Waals surface area contributed by atoms with Crippen molar-refractivity contribution in [1.82, 2.24) is 14.9 Å². The van der Waals surface area contributed by atoms with Crippen molar-refractivity contribution in [3.63, 3.8) is 0 Å². The van der Waals surface area contributed by atoms with Crippen LogP contribution in [0.5, 0.6) is 28.7 Å². The van der Waals surface area contributed by atoms with Crippen molar-refractivity contribution in [3.8, 4) is 28.7 Å². The molecule has 316 valence electrons. The summed E-state index contributed by atoms with van der Waals surface area (Å²) in [5.41, 5.74) is -0.681. The molecule has 3 aromatic rings. The fraction of sp³-hybridized carbons (Fsp3) is 0.500. The van der Waals surface area contributed by atoms with Gasteiger partial charge in [-0.05, 0) is 54.8 Å². The second-order valence-electron chi connectivity index (χ2n) is 14.5. The zero-order valence-electron chi connectivity index (χ0n) is 31.9. The number of aliphatic hydroxyl groups is 2. The molecule has 2 aromatic carbocycles. The summed E-state index contributed by atoms with van der Waals surface area (Å²) < 4.78 is 72.3. The van der Waals surface area contributed by atoms with Gasteiger partial charge in [-0.1, -0.05) is 0 Å². The number of methoxy groups -OCH3 is 2. The largest absolute Gasteiger partial charge is 0.493 e. The topological polar surface area (TPSA) is 251 Å². The number of benzene rings is 2. The molecule has 21 heteroatoms. The highest BCUT2D eigenvalue weighted by molar-refractivity contribution is 5.86.